The minimum Gasteiger partial charge on any atom is -0.486 e. The molecule has 2 aromatic heterocycles. The van der Waals surface area contributed by atoms with E-state index >= 15 is 0 Å². The van der Waals surface area contributed by atoms with Crippen LogP contribution in [0.5, 0.6) is 11.5 Å². The number of aromatic nitrogens is 5. The van der Waals surface area contributed by atoms with Crippen LogP contribution in [0.2, 0.25) is 0 Å². The summed E-state index contributed by atoms with van der Waals surface area (Å²) in [5, 5.41) is 18.0. The predicted octanol–water partition coefficient (Wildman–Crippen LogP) is 1.56. The molecule has 0 saturated heterocycles. The first-order valence-electron chi connectivity index (χ1n) is 10.1. The molecule has 1 aromatic carbocycles. The Kier molecular flexibility index (Phi) is 6.55. The van der Waals surface area contributed by atoms with Crippen LogP contribution < -0.4 is 25.4 Å². The first-order valence-corrected chi connectivity index (χ1v) is 11.1. The number of para-hydroxylation sites is 1. The number of fused-ring (bicyclic) bond motifs is 2. The monoisotopic (exact) mass is 444 g/mol. The lowest BCUT2D eigenvalue weighted by Gasteiger charge is -2.21. The number of hydrogen-bond acceptors (Lipinski definition) is 10. The van der Waals surface area contributed by atoms with Gasteiger partial charge in [0, 0.05) is 25.2 Å². The average Bonchev–Trinajstić information content (AvgIpc) is 3.20. The average molecular weight is 445 g/mol. The first kappa shape index (κ1) is 21.0. The minimum atomic E-state index is -0.133. The van der Waals surface area contributed by atoms with Crippen molar-refractivity contribution >= 4 is 35.3 Å². The fourth-order valence-corrected chi connectivity index (χ4v) is 3.80. The predicted molar refractivity (Wildman–Crippen MR) is 117 cm³/mol. The van der Waals surface area contributed by atoms with Gasteiger partial charge in [0.1, 0.15) is 13.2 Å². The molecule has 1 aliphatic rings. The molecule has 4 rings (SSSR count). The third kappa shape index (κ3) is 4.74. The Morgan fingerprint density at radius 2 is 1.97 bits per heavy atom. The lowest BCUT2D eigenvalue weighted by Crippen LogP contribution is -2.26. The number of nitrogens with zero attached hydrogens (tertiary/aromatic N) is 5. The first-order chi connectivity index (χ1) is 15.2. The van der Waals surface area contributed by atoms with E-state index in [0.717, 1.165) is 5.56 Å². The van der Waals surface area contributed by atoms with Gasteiger partial charge in [-0.2, -0.15) is 9.97 Å². The van der Waals surface area contributed by atoms with Crippen molar-refractivity contribution < 1.29 is 14.3 Å². The summed E-state index contributed by atoms with van der Waals surface area (Å²) in [6.07, 6.45) is 0. The standard InChI is InChI=1S/C19H24N8O3S/c1-3-20-16-23-17(21-4-2)27-18(24-16)25-26-19(27)31-11-14(28)22-10-12-6-5-7-13-15(12)30-9-8-29-13/h5-7H,3-4,8-11H2,1-2H3,(H,22,28)(H2,20,21,23,24,25). The molecule has 0 bridgehead atoms. The van der Waals surface area contributed by atoms with E-state index in [1.165, 1.54) is 11.8 Å². The fourth-order valence-electron chi connectivity index (χ4n) is 3.05. The highest BCUT2D eigenvalue weighted by molar-refractivity contribution is 7.99. The summed E-state index contributed by atoms with van der Waals surface area (Å²) in [6.45, 7) is 6.69. The molecule has 0 radical (unpaired) electrons. The number of nitrogens with one attached hydrogen (secondary N) is 3. The Morgan fingerprint density at radius 1 is 1.13 bits per heavy atom. The molecular weight excluding hydrogens is 420 g/mol. The van der Waals surface area contributed by atoms with Crippen molar-refractivity contribution in [3.63, 3.8) is 0 Å². The number of carbonyl (C=O) groups excluding carboxylic acids is 1. The SMILES string of the molecule is CCNc1nc(NCC)n2c(SCC(=O)NCc3cccc4c3OCCO4)nnc2n1. The summed E-state index contributed by atoms with van der Waals surface area (Å²) in [5.41, 5.74) is 0.877. The van der Waals surface area contributed by atoms with Crippen LogP contribution in [-0.2, 0) is 11.3 Å². The van der Waals surface area contributed by atoms with E-state index in [2.05, 4.69) is 36.1 Å². The van der Waals surface area contributed by atoms with Gasteiger partial charge in [-0.05, 0) is 19.9 Å². The molecule has 0 spiro atoms. The zero-order chi connectivity index (χ0) is 21.6. The summed E-state index contributed by atoms with van der Waals surface area (Å²) in [5.74, 6) is 2.90. The molecule has 0 unspecified atom stereocenters. The highest BCUT2D eigenvalue weighted by atomic mass is 32.2. The van der Waals surface area contributed by atoms with Gasteiger partial charge in [-0.25, -0.2) is 4.40 Å². The molecule has 3 N–H and O–H groups in total. The van der Waals surface area contributed by atoms with Crippen molar-refractivity contribution in [3.05, 3.63) is 23.8 Å². The molecule has 3 heterocycles. The van der Waals surface area contributed by atoms with E-state index in [1.54, 1.807) is 4.40 Å². The molecule has 0 aliphatic carbocycles. The second-order valence-corrected chi connectivity index (χ2v) is 7.50. The van der Waals surface area contributed by atoms with Crippen molar-refractivity contribution in [2.75, 3.05) is 42.7 Å². The molecule has 3 aromatic rings. The molecule has 31 heavy (non-hydrogen) atoms. The molecule has 1 amide bonds. The van der Waals surface area contributed by atoms with E-state index in [4.69, 9.17) is 9.47 Å². The third-order valence-corrected chi connectivity index (χ3v) is 5.30. The van der Waals surface area contributed by atoms with Crippen molar-refractivity contribution in [3.8, 4) is 11.5 Å². The largest absolute Gasteiger partial charge is 0.486 e. The molecule has 11 nitrogen and oxygen atoms in total. The molecule has 0 fully saturated rings. The van der Waals surface area contributed by atoms with Crippen LogP contribution in [0.3, 0.4) is 0 Å². The van der Waals surface area contributed by atoms with Crippen LogP contribution in [0.1, 0.15) is 19.4 Å². The van der Waals surface area contributed by atoms with Crippen LogP contribution >= 0.6 is 11.8 Å². The summed E-state index contributed by atoms with van der Waals surface area (Å²) in [6, 6.07) is 5.66. The maximum absolute atomic E-state index is 12.4. The second-order valence-electron chi connectivity index (χ2n) is 6.56. The van der Waals surface area contributed by atoms with Gasteiger partial charge in [-0.15, -0.1) is 10.2 Å². The number of thioether (sulfide) groups is 1. The second kappa shape index (κ2) is 9.69. The van der Waals surface area contributed by atoms with Gasteiger partial charge in [-0.1, -0.05) is 23.9 Å². The number of ether oxygens (including phenoxy) is 2. The molecule has 0 atom stereocenters. The lowest BCUT2D eigenvalue weighted by atomic mass is 10.1. The van der Waals surface area contributed by atoms with Crippen molar-refractivity contribution in [1.29, 1.82) is 0 Å². The normalized spacial score (nSPS) is 12.6. The van der Waals surface area contributed by atoms with E-state index < -0.39 is 0 Å². The molecule has 0 saturated carbocycles. The zero-order valence-corrected chi connectivity index (χ0v) is 18.2. The smallest absolute Gasteiger partial charge is 0.261 e. The van der Waals surface area contributed by atoms with Gasteiger partial charge < -0.3 is 25.4 Å². The fraction of sp³-hybridized carbons (Fsp3) is 0.421. The topological polar surface area (TPSA) is 128 Å². The number of anilines is 2. The zero-order valence-electron chi connectivity index (χ0n) is 17.3. The van der Waals surface area contributed by atoms with Gasteiger partial charge in [0.15, 0.2) is 16.7 Å². The van der Waals surface area contributed by atoms with Gasteiger partial charge >= 0.3 is 0 Å². The number of amides is 1. The molecule has 164 valence electrons. The quantitative estimate of drug-likeness (QED) is 0.418. The van der Waals surface area contributed by atoms with Crippen LogP contribution in [0, 0.1) is 0 Å². The number of benzene rings is 1. The van der Waals surface area contributed by atoms with E-state index in [1.807, 2.05) is 32.0 Å². The van der Waals surface area contributed by atoms with Crippen LogP contribution in [0.15, 0.2) is 23.4 Å². The highest BCUT2D eigenvalue weighted by Gasteiger charge is 2.18. The number of rotatable bonds is 9. The maximum Gasteiger partial charge on any atom is 0.261 e. The number of carbonyl (C=O) groups is 1. The van der Waals surface area contributed by atoms with Gasteiger partial charge in [0.25, 0.3) is 5.78 Å². The maximum atomic E-state index is 12.4. The van der Waals surface area contributed by atoms with Gasteiger partial charge in [0.2, 0.25) is 17.8 Å². The Balaban J connectivity index is 1.41. The molecule has 1 aliphatic heterocycles. The third-order valence-electron chi connectivity index (χ3n) is 4.37. The van der Waals surface area contributed by atoms with E-state index in [-0.39, 0.29) is 11.7 Å². The summed E-state index contributed by atoms with van der Waals surface area (Å²) in [4.78, 5) is 21.3. The Hall–Kier alpha value is -3.28. The van der Waals surface area contributed by atoms with E-state index in [9.17, 15) is 4.79 Å². The summed E-state index contributed by atoms with van der Waals surface area (Å²) >= 11 is 1.27. The minimum absolute atomic E-state index is 0.133. The molecular formula is C19H24N8O3S. The van der Waals surface area contributed by atoms with Crippen LogP contribution in [0.25, 0.3) is 5.78 Å². The van der Waals surface area contributed by atoms with Crippen molar-refractivity contribution in [2.45, 2.75) is 25.5 Å². The van der Waals surface area contributed by atoms with Crippen molar-refractivity contribution in [2.24, 2.45) is 0 Å². The highest BCUT2D eigenvalue weighted by Crippen LogP contribution is 2.33. The van der Waals surface area contributed by atoms with Gasteiger partial charge in [0.05, 0.1) is 5.75 Å². The van der Waals surface area contributed by atoms with Crippen molar-refractivity contribution in [1.82, 2.24) is 29.9 Å². The summed E-state index contributed by atoms with van der Waals surface area (Å²) < 4.78 is 13.0. The van der Waals surface area contributed by atoms with E-state index in [0.29, 0.717) is 67.2 Å². The molecule has 12 heteroatoms. The Labute approximate surface area is 183 Å². The Bertz CT molecular complexity index is 1070. The summed E-state index contributed by atoms with van der Waals surface area (Å²) in [7, 11) is 0. The number of hydrogen-bond donors (Lipinski definition) is 3. The van der Waals surface area contributed by atoms with Crippen LogP contribution in [-0.4, -0.2) is 62.5 Å². The van der Waals surface area contributed by atoms with Gasteiger partial charge in [-0.3, -0.25) is 4.79 Å². The lowest BCUT2D eigenvalue weighted by molar-refractivity contribution is -0.118. The Morgan fingerprint density at radius 3 is 2.81 bits per heavy atom. The van der Waals surface area contributed by atoms with Crippen LogP contribution in [0.4, 0.5) is 11.9 Å².